The van der Waals surface area contributed by atoms with Crippen molar-refractivity contribution >= 4 is 7.82 Å². The van der Waals surface area contributed by atoms with E-state index in [1.54, 1.807) is 0 Å². The summed E-state index contributed by atoms with van der Waals surface area (Å²) >= 11 is 0. The molecule has 0 aliphatic heterocycles. The van der Waals surface area contributed by atoms with E-state index in [2.05, 4.69) is 33.9 Å². The number of hydrogen-bond acceptors (Lipinski definition) is 5. The van der Waals surface area contributed by atoms with Gasteiger partial charge in [0.25, 0.3) is 0 Å². The van der Waals surface area contributed by atoms with Crippen LogP contribution < -0.4 is 0 Å². The van der Waals surface area contributed by atoms with Gasteiger partial charge in [-0.3, -0.25) is 13.6 Å². The summed E-state index contributed by atoms with van der Waals surface area (Å²) in [6.07, 6.45) is 29.7. The molecule has 0 aromatic heterocycles. The number of phosphoric ester groups is 1. The van der Waals surface area contributed by atoms with Gasteiger partial charge in [0.05, 0.1) is 19.8 Å². The van der Waals surface area contributed by atoms with Crippen LogP contribution >= 0.6 is 7.82 Å². The molecule has 42 heavy (non-hydrogen) atoms. The quantitative estimate of drug-likeness (QED) is 0.0425. The lowest BCUT2D eigenvalue weighted by Crippen LogP contribution is -2.04. The molecule has 0 unspecified atom stereocenters. The molecular formula is C36H77O5P. The van der Waals surface area contributed by atoms with Crippen molar-refractivity contribution in [3.63, 3.8) is 0 Å². The summed E-state index contributed by atoms with van der Waals surface area (Å²) in [5, 5.41) is 0. The zero-order valence-corrected chi connectivity index (χ0v) is 30.3. The van der Waals surface area contributed by atoms with E-state index in [-0.39, 0.29) is 0 Å². The monoisotopic (exact) mass is 621 g/mol. The van der Waals surface area contributed by atoms with Crippen molar-refractivity contribution in [1.82, 2.24) is 0 Å². The van der Waals surface area contributed by atoms with Crippen LogP contribution in [0.1, 0.15) is 189 Å². The minimum absolute atomic E-state index is 0.473. The van der Waals surface area contributed by atoms with E-state index in [4.69, 9.17) is 18.3 Å². The Morgan fingerprint density at radius 1 is 0.381 bits per heavy atom. The lowest BCUT2D eigenvalue weighted by molar-refractivity contribution is 0.108. The second kappa shape index (κ2) is 42.9. The molecule has 0 radical (unpaired) electrons. The van der Waals surface area contributed by atoms with Crippen LogP contribution in [0.5, 0.6) is 0 Å². The molecule has 0 heterocycles. The molecule has 0 aliphatic carbocycles. The van der Waals surface area contributed by atoms with Crippen molar-refractivity contribution in [3.8, 4) is 0 Å². The molecule has 0 spiro atoms. The summed E-state index contributed by atoms with van der Waals surface area (Å²) in [5.74, 6) is 0. The largest absolute Gasteiger partial charge is 0.474 e. The van der Waals surface area contributed by atoms with Crippen LogP contribution in [0.4, 0.5) is 0 Å². The average Bonchev–Trinajstić information content (AvgIpc) is 3.00. The van der Waals surface area contributed by atoms with Gasteiger partial charge in [-0.15, -0.1) is 13.2 Å². The molecule has 0 atom stereocenters. The first-order valence-electron chi connectivity index (χ1n) is 18.2. The van der Waals surface area contributed by atoms with Crippen molar-refractivity contribution in [2.45, 2.75) is 189 Å². The van der Waals surface area contributed by atoms with Crippen molar-refractivity contribution < 1.29 is 22.9 Å². The number of hydrogen-bond donors (Lipinski definition) is 0. The summed E-state index contributed by atoms with van der Waals surface area (Å²) in [5.41, 5.74) is 0. The van der Waals surface area contributed by atoms with Gasteiger partial charge in [0.2, 0.25) is 0 Å². The molecular weight excluding hydrogens is 543 g/mol. The van der Waals surface area contributed by atoms with Crippen molar-refractivity contribution in [2.24, 2.45) is 0 Å². The molecule has 0 amide bonds. The zero-order chi connectivity index (χ0) is 31.8. The van der Waals surface area contributed by atoms with Crippen molar-refractivity contribution in [2.75, 3.05) is 33.0 Å². The fourth-order valence-corrected chi connectivity index (χ4v) is 5.83. The second-order valence-electron chi connectivity index (χ2n) is 11.2. The summed E-state index contributed by atoms with van der Waals surface area (Å²) in [4.78, 5) is 0. The van der Waals surface area contributed by atoms with Gasteiger partial charge in [-0.25, -0.2) is 4.57 Å². The molecule has 0 aromatic carbocycles. The van der Waals surface area contributed by atoms with Gasteiger partial charge < -0.3 is 4.74 Å². The first-order chi connectivity index (χ1) is 20.6. The van der Waals surface area contributed by atoms with E-state index in [0.717, 1.165) is 51.7 Å². The smallest absolute Gasteiger partial charge is 0.382 e. The van der Waals surface area contributed by atoms with E-state index < -0.39 is 7.82 Å². The number of rotatable bonds is 32. The maximum atomic E-state index is 13.2. The second-order valence-corrected chi connectivity index (χ2v) is 12.8. The predicted octanol–water partition coefficient (Wildman–Crippen LogP) is 13.4. The first kappa shape index (κ1) is 46.2. The maximum absolute atomic E-state index is 13.2. The SMILES string of the molecule is C=C.CCCCCCCCCCOP(=O)(OCCCCCCCCCC)OCCCCCCCCCC.CCOCC. The van der Waals surface area contributed by atoms with E-state index in [1.807, 2.05) is 13.8 Å². The molecule has 0 bridgehead atoms. The van der Waals surface area contributed by atoms with Gasteiger partial charge >= 0.3 is 7.82 Å². The summed E-state index contributed by atoms with van der Waals surface area (Å²) < 4.78 is 35.2. The van der Waals surface area contributed by atoms with Gasteiger partial charge in [0.1, 0.15) is 0 Å². The zero-order valence-electron chi connectivity index (χ0n) is 29.4. The van der Waals surface area contributed by atoms with Crippen molar-refractivity contribution in [3.05, 3.63) is 13.2 Å². The van der Waals surface area contributed by atoms with E-state index in [0.29, 0.717) is 19.8 Å². The summed E-state index contributed by atoms with van der Waals surface area (Å²) in [7, 11) is -3.43. The van der Waals surface area contributed by atoms with Crippen LogP contribution in [0.15, 0.2) is 13.2 Å². The molecule has 0 rings (SSSR count). The Kier molecular flexibility index (Phi) is 47.3. The molecule has 0 N–H and O–H groups in total. The fourth-order valence-electron chi connectivity index (χ4n) is 4.55. The third-order valence-electron chi connectivity index (χ3n) is 7.15. The highest BCUT2D eigenvalue weighted by Gasteiger charge is 2.26. The average molecular weight is 621 g/mol. The van der Waals surface area contributed by atoms with Crippen LogP contribution in [0, 0.1) is 0 Å². The number of ether oxygens (including phenoxy) is 1. The molecule has 6 heteroatoms. The number of phosphoric acid groups is 1. The van der Waals surface area contributed by atoms with Crippen LogP contribution in [-0.4, -0.2) is 33.0 Å². The minimum atomic E-state index is -3.43. The highest BCUT2D eigenvalue weighted by Crippen LogP contribution is 2.50. The Morgan fingerprint density at radius 3 is 0.786 bits per heavy atom. The maximum Gasteiger partial charge on any atom is 0.474 e. The summed E-state index contributed by atoms with van der Waals surface area (Å²) in [6, 6.07) is 0. The lowest BCUT2D eigenvalue weighted by atomic mass is 10.1. The lowest BCUT2D eigenvalue weighted by Gasteiger charge is -2.18. The van der Waals surface area contributed by atoms with Gasteiger partial charge in [-0.2, -0.15) is 0 Å². The Bertz CT molecular complexity index is 439. The topological polar surface area (TPSA) is 54.0 Å². The first-order valence-corrected chi connectivity index (χ1v) is 19.7. The van der Waals surface area contributed by atoms with Crippen LogP contribution in [-0.2, 0) is 22.9 Å². The molecule has 0 aliphatic rings. The van der Waals surface area contributed by atoms with Gasteiger partial charge in [-0.05, 0) is 33.1 Å². The van der Waals surface area contributed by atoms with Crippen molar-refractivity contribution in [1.29, 1.82) is 0 Å². The van der Waals surface area contributed by atoms with Crippen LogP contribution in [0.3, 0.4) is 0 Å². The molecule has 0 aromatic rings. The van der Waals surface area contributed by atoms with Crippen LogP contribution in [0.2, 0.25) is 0 Å². The van der Waals surface area contributed by atoms with Gasteiger partial charge in [0.15, 0.2) is 0 Å². The molecule has 256 valence electrons. The van der Waals surface area contributed by atoms with Gasteiger partial charge in [0, 0.05) is 13.2 Å². The Morgan fingerprint density at radius 2 is 0.595 bits per heavy atom. The third-order valence-corrected chi connectivity index (χ3v) is 8.65. The molecule has 0 saturated carbocycles. The van der Waals surface area contributed by atoms with E-state index in [1.165, 1.54) is 116 Å². The van der Waals surface area contributed by atoms with Crippen LogP contribution in [0.25, 0.3) is 0 Å². The highest BCUT2D eigenvalue weighted by molar-refractivity contribution is 7.48. The normalized spacial score (nSPS) is 11.1. The summed E-state index contributed by atoms with van der Waals surface area (Å²) in [6.45, 7) is 19.8. The fraction of sp³-hybridized carbons (Fsp3) is 0.944. The predicted molar refractivity (Wildman–Crippen MR) is 187 cm³/mol. The highest BCUT2D eigenvalue weighted by atomic mass is 31.2. The Hall–Kier alpha value is -0.190. The minimum Gasteiger partial charge on any atom is -0.382 e. The Balaban J connectivity index is -0.00000195. The van der Waals surface area contributed by atoms with E-state index >= 15 is 0 Å². The molecule has 5 nitrogen and oxygen atoms in total. The molecule has 0 saturated heterocycles. The van der Waals surface area contributed by atoms with Gasteiger partial charge in [-0.1, -0.05) is 156 Å². The van der Waals surface area contributed by atoms with E-state index in [9.17, 15) is 4.57 Å². The Labute approximate surface area is 265 Å². The third kappa shape index (κ3) is 41.9. The number of unbranched alkanes of at least 4 members (excludes halogenated alkanes) is 21. The standard InChI is InChI=1S/C30H63O4P.C4H10O.C2H4/c1-4-7-10-13-16-19-22-25-28-32-35(31,33-29-26-23-20-17-14-11-8-5-2)34-30-27-24-21-18-15-12-9-6-3;1-3-5-4-2;1-2/h4-30H2,1-3H3;3-4H2,1-2H3;1-2H2. The molecule has 0 fully saturated rings.